The largest absolute Gasteiger partial charge is 0.478 e. The lowest BCUT2D eigenvalue weighted by Gasteiger charge is -2.24. The second-order valence-electron chi connectivity index (χ2n) is 4.34. The number of aliphatic carboxylic acids is 1. The average molecular weight is 345 g/mol. The highest BCUT2D eigenvalue weighted by Gasteiger charge is 2.40. The zero-order valence-corrected chi connectivity index (χ0v) is 12.1. The molecular weight excluding hydrogens is 339 g/mol. The fraction of sp³-hybridized carbons (Fsp3) is 0.0909. The van der Waals surface area contributed by atoms with Crippen LogP contribution in [0.2, 0.25) is 5.15 Å². The molecule has 1 aromatic heterocycles. The molecule has 114 valence electrons. The van der Waals surface area contributed by atoms with E-state index in [-0.39, 0.29) is 17.0 Å². The monoisotopic (exact) mass is 344 g/mol. The summed E-state index contributed by atoms with van der Waals surface area (Å²) in [6, 6.07) is 0.925. The van der Waals surface area contributed by atoms with Crippen molar-refractivity contribution in [1.29, 1.82) is 0 Å². The summed E-state index contributed by atoms with van der Waals surface area (Å²) in [5.41, 5.74) is -0.335. The summed E-state index contributed by atoms with van der Waals surface area (Å²) >= 11 is 5.57. The van der Waals surface area contributed by atoms with Crippen molar-refractivity contribution in [3.63, 3.8) is 0 Å². The summed E-state index contributed by atoms with van der Waals surface area (Å²) < 4.78 is 40.6. The van der Waals surface area contributed by atoms with Crippen LogP contribution >= 0.6 is 11.6 Å². The van der Waals surface area contributed by atoms with Crippen LogP contribution in [0.25, 0.3) is 0 Å². The molecule has 0 aromatic carbocycles. The van der Waals surface area contributed by atoms with Gasteiger partial charge in [-0.15, -0.1) is 4.40 Å². The van der Waals surface area contributed by atoms with Crippen LogP contribution < -0.4 is 5.32 Å². The van der Waals surface area contributed by atoms with Crippen LogP contribution in [0, 0.1) is 5.82 Å². The summed E-state index contributed by atoms with van der Waals surface area (Å²) in [5, 5.41) is 10.9. The Morgan fingerprint density at radius 2 is 2.18 bits per heavy atom. The van der Waals surface area contributed by atoms with Gasteiger partial charge in [-0.2, -0.15) is 8.42 Å². The van der Waals surface area contributed by atoms with Gasteiger partial charge in [0.2, 0.25) is 0 Å². The van der Waals surface area contributed by atoms with E-state index in [0.29, 0.717) is 0 Å². The van der Waals surface area contributed by atoms with Gasteiger partial charge >= 0.3 is 5.97 Å². The minimum atomic E-state index is -4.11. The summed E-state index contributed by atoms with van der Waals surface area (Å²) in [4.78, 5) is 18.7. The SMILES string of the molecule is O=C(O)C1=CNc2nc(Cl)c(F)cc2C1C1=NC=NS1(=O)=O. The molecule has 1 atom stereocenters. The smallest absolute Gasteiger partial charge is 0.334 e. The maximum Gasteiger partial charge on any atom is 0.334 e. The molecule has 11 heteroatoms. The van der Waals surface area contributed by atoms with Crippen molar-refractivity contribution >= 4 is 44.8 Å². The molecule has 22 heavy (non-hydrogen) atoms. The average Bonchev–Trinajstić information content (AvgIpc) is 2.78. The third kappa shape index (κ3) is 2.16. The van der Waals surface area contributed by atoms with Gasteiger partial charge in [-0.05, 0) is 6.07 Å². The first-order chi connectivity index (χ1) is 10.3. The molecule has 1 aromatic rings. The number of carboxylic acids is 1. The fourth-order valence-electron chi connectivity index (χ4n) is 2.15. The Morgan fingerprint density at radius 3 is 2.77 bits per heavy atom. The molecular formula is C11H6ClFN4O4S. The second-order valence-corrected chi connectivity index (χ2v) is 6.28. The lowest BCUT2D eigenvalue weighted by Crippen LogP contribution is -2.28. The van der Waals surface area contributed by atoms with E-state index >= 15 is 0 Å². The Labute approximate surface area is 128 Å². The van der Waals surface area contributed by atoms with Crippen LogP contribution in [-0.4, -0.2) is 35.9 Å². The number of fused-ring (bicyclic) bond motifs is 1. The third-order valence-corrected chi connectivity index (χ3v) is 4.58. The first-order valence-corrected chi connectivity index (χ1v) is 7.55. The van der Waals surface area contributed by atoms with E-state index in [2.05, 4.69) is 19.7 Å². The highest BCUT2D eigenvalue weighted by molar-refractivity contribution is 8.05. The highest BCUT2D eigenvalue weighted by Crippen LogP contribution is 2.38. The maximum atomic E-state index is 13.7. The predicted molar refractivity (Wildman–Crippen MR) is 76.1 cm³/mol. The van der Waals surface area contributed by atoms with Gasteiger partial charge in [0, 0.05) is 11.8 Å². The van der Waals surface area contributed by atoms with Crippen molar-refractivity contribution in [3.8, 4) is 0 Å². The normalized spacial score (nSPS) is 21.6. The molecule has 3 heterocycles. The number of carboxylic acid groups (broad SMARTS) is 1. The van der Waals surface area contributed by atoms with Crippen molar-refractivity contribution < 1.29 is 22.7 Å². The lowest BCUT2D eigenvalue weighted by atomic mass is 9.90. The number of carbonyl (C=O) groups is 1. The number of rotatable bonds is 2. The number of aliphatic imine (C=N–C) groups is 1. The van der Waals surface area contributed by atoms with Gasteiger partial charge in [0.25, 0.3) is 10.0 Å². The zero-order valence-electron chi connectivity index (χ0n) is 10.5. The van der Waals surface area contributed by atoms with Crippen molar-refractivity contribution in [2.24, 2.45) is 9.39 Å². The van der Waals surface area contributed by atoms with E-state index in [0.717, 1.165) is 18.6 Å². The van der Waals surface area contributed by atoms with E-state index in [1.807, 2.05) is 0 Å². The Hall–Kier alpha value is -2.33. The number of hydrogen-bond acceptors (Lipinski definition) is 6. The number of nitrogens with zero attached hydrogens (tertiary/aromatic N) is 3. The molecule has 2 N–H and O–H groups in total. The molecule has 2 aliphatic heterocycles. The Morgan fingerprint density at radius 1 is 1.45 bits per heavy atom. The van der Waals surface area contributed by atoms with E-state index in [1.165, 1.54) is 0 Å². The molecule has 2 aliphatic rings. The molecule has 0 fully saturated rings. The number of pyridine rings is 1. The maximum absolute atomic E-state index is 13.7. The molecule has 3 rings (SSSR count). The van der Waals surface area contributed by atoms with E-state index in [9.17, 15) is 22.7 Å². The zero-order chi connectivity index (χ0) is 16.1. The van der Waals surface area contributed by atoms with Crippen molar-refractivity contribution in [1.82, 2.24) is 4.98 Å². The fourth-order valence-corrected chi connectivity index (χ4v) is 3.30. The van der Waals surface area contributed by atoms with Crippen LogP contribution in [-0.2, 0) is 14.8 Å². The number of anilines is 1. The minimum Gasteiger partial charge on any atom is -0.478 e. The lowest BCUT2D eigenvalue weighted by molar-refractivity contribution is -0.132. The van der Waals surface area contributed by atoms with Gasteiger partial charge in [-0.25, -0.2) is 19.2 Å². The van der Waals surface area contributed by atoms with Gasteiger partial charge in [0.05, 0.1) is 11.5 Å². The van der Waals surface area contributed by atoms with Gasteiger partial charge in [-0.1, -0.05) is 11.6 Å². The highest BCUT2D eigenvalue weighted by atomic mass is 35.5. The predicted octanol–water partition coefficient (Wildman–Crippen LogP) is 1.12. The number of aromatic nitrogens is 1. The van der Waals surface area contributed by atoms with Crippen LogP contribution in [0.4, 0.5) is 10.2 Å². The van der Waals surface area contributed by atoms with Crippen LogP contribution in [0.15, 0.2) is 27.2 Å². The Balaban J connectivity index is 2.24. The molecule has 0 amide bonds. The van der Waals surface area contributed by atoms with E-state index in [1.54, 1.807) is 0 Å². The number of nitrogens with one attached hydrogen (secondary N) is 1. The third-order valence-electron chi connectivity index (χ3n) is 3.08. The molecule has 0 saturated carbocycles. The van der Waals surface area contributed by atoms with Crippen molar-refractivity contribution in [2.45, 2.75) is 5.92 Å². The topological polar surface area (TPSA) is 121 Å². The van der Waals surface area contributed by atoms with Gasteiger partial charge < -0.3 is 10.4 Å². The summed E-state index contributed by atoms with van der Waals surface area (Å²) in [5.74, 6) is -3.58. The first kappa shape index (κ1) is 14.6. The molecule has 8 nitrogen and oxygen atoms in total. The molecule has 0 spiro atoms. The van der Waals surface area contributed by atoms with E-state index < -0.39 is 37.9 Å². The van der Waals surface area contributed by atoms with Gasteiger partial charge in [0.15, 0.2) is 16.0 Å². The summed E-state index contributed by atoms with van der Waals surface area (Å²) in [6.07, 6.45) is 1.86. The Kier molecular flexibility index (Phi) is 3.22. The number of hydrogen-bond donors (Lipinski definition) is 2. The van der Waals surface area contributed by atoms with Crippen molar-refractivity contribution in [2.75, 3.05) is 5.32 Å². The number of halogens is 2. The number of sulfonamides is 1. The van der Waals surface area contributed by atoms with Gasteiger partial charge in [-0.3, -0.25) is 0 Å². The second kappa shape index (κ2) is 4.85. The molecule has 0 radical (unpaired) electrons. The van der Waals surface area contributed by atoms with Crippen LogP contribution in [0.5, 0.6) is 0 Å². The quantitative estimate of drug-likeness (QED) is 0.775. The first-order valence-electron chi connectivity index (χ1n) is 5.73. The molecule has 1 unspecified atom stereocenters. The van der Waals surface area contributed by atoms with Crippen LogP contribution in [0.3, 0.4) is 0 Å². The molecule has 0 aliphatic carbocycles. The van der Waals surface area contributed by atoms with E-state index in [4.69, 9.17) is 11.6 Å². The van der Waals surface area contributed by atoms with Crippen molar-refractivity contribution in [3.05, 3.63) is 34.4 Å². The summed E-state index contributed by atoms with van der Waals surface area (Å²) in [6.45, 7) is 0. The van der Waals surface area contributed by atoms with Gasteiger partial charge in [0.1, 0.15) is 12.2 Å². The Bertz CT molecular complexity index is 894. The molecule has 0 bridgehead atoms. The van der Waals surface area contributed by atoms with Crippen LogP contribution in [0.1, 0.15) is 11.5 Å². The summed E-state index contributed by atoms with van der Waals surface area (Å²) in [7, 11) is -4.11. The molecule has 0 saturated heterocycles. The standard InChI is InChI=1S/C11H6ClFN4O4S/c12-8-6(13)1-4-7(10-15-3-16-22(10,20)21)5(11(18)19)2-14-9(4)17-8/h1-3,7H,(H,14,17)(H,18,19). The minimum absolute atomic E-state index is 0.00498.